The summed E-state index contributed by atoms with van der Waals surface area (Å²) in [5.41, 5.74) is 0.505. The Morgan fingerprint density at radius 2 is 1.58 bits per heavy atom. The molecular formula is C26H31ClN2O7. The molecule has 9 nitrogen and oxygen atoms in total. The zero-order valence-corrected chi connectivity index (χ0v) is 22.0. The van der Waals surface area contributed by atoms with E-state index >= 15 is 0 Å². The third kappa shape index (κ3) is 5.22. The second kappa shape index (κ2) is 11.5. The molecule has 1 saturated heterocycles. The highest BCUT2D eigenvalue weighted by Crippen LogP contribution is 2.45. The van der Waals surface area contributed by atoms with Crippen LogP contribution in [0.1, 0.15) is 23.6 Å². The number of likely N-dealkylation sites (tertiary alicyclic amines) is 1. The van der Waals surface area contributed by atoms with Crippen molar-refractivity contribution in [3.63, 3.8) is 0 Å². The molecule has 36 heavy (non-hydrogen) atoms. The van der Waals surface area contributed by atoms with Gasteiger partial charge in [-0.05, 0) is 35.4 Å². The van der Waals surface area contributed by atoms with E-state index in [1.807, 2.05) is 14.1 Å². The Labute approximate surface area is 215 Å². The van der Waals surface area contributed by atoms with Gasteiger partial charge in [-0.15, -0.1) is 0 Å². The van der Waals surface area contributed by atoms with Crippen LogP contribution >= 0.6 is 11.6 Å². The van der Waals surface area contributed by atoms with Gasteiger partial charge in [0.25, 0.3) is 5.91 Å². The summed E-state index contributed by atoms with van der Waals surface area (Å²) in [5, 5.41) is 13.9. The molecule has 10 heteroatoms. The number of nitrogens with one attached hydrogen (secondary N) is 1. The average Bonchev–Trinajstić information content (AvgIpc) is 3.12. The molecule has 1 atom stereocenters. The van der Waals surface area contributed by atoms with E-state index in [9.17, 15) is 14.7 Å². The van der Waals surface area contributed by atoms with Crippen LogP contribution in [0.5, 0.6) is 23.0 Å². The lowest BCUT2D eigenvalue weighted by molar-refractivity contribution is -0.858. The average molecular weight is 519 g/mol. The van der Waals surface area contributed by atoms with Gasteiger partial charge < -0.3 is 33.9 Å². The molecule has 1 aliphatic heterocycles. The number of quaternary nitrogens is 1. The van der Waals surface area contributed by atoms with E-state index in [0.29, 0.717) is 35.0 Å². The Morgan fingerprint density at radius 1 is 0.972 bits per heavy atom. The van der Waals surface area contributed by atoms with Crippen LogP contribution in [0.2, 0.25) is 5.02 Å². The molecule has 0 saturated carbocycles. The van der Waals surface area contributed by atoms with Gasteiger partial charge in [-0.2, -0.15) is 0 Å². The fourth-order valence-electron chi connectivity index (χ4n) is 4.27. The minimum atomic E-state index is -0.941. The molecule has 1 aliphatic rings. The molecule has 0 spiro atoms. The predicted octanol–water partition coefficient (Wildman–Crippen LogP) is 1.13. The highest BCUT2D eigenvalue weighted by molar-refractivity contribution is 6.46. The first-order valence-corrected chi connectivity index (χ1v) is 11.8. The lowest BCUT2D eigenvalue weighted by atomic mass is 9.94. The summed E-state index contributed by atoms with van der Waals surface area (Å²) in [5.74, 6) is -0.727. The van der Waals surface area contributed by atoms with Crippen molar-refractivity contribution in [2.45, 2.75) is 12.5 Å². The Kier molecular flexibility index (Phi) is 8.70. The van der Waals surface area contributed by atoms with Gasteiger partial charge in [0.2, 0.25) is 11.5 Å². The standard InChI is InChI=1S/C26H31ClN2O7/c1-28(2)10-7-11-29-22(16-13-19(34-4)25(36-6)20(14-16)35-5)21(24(31)26(29)32)23(30)15-8-9-18(33-3)17(27)12-15/h8-9,12-14,22,30H,7,10-11H2,1-6H3/b23-21+. The first-order chi connectivity index (χ1) is 17.2. The number of methoxy groups -OCH3 is 4. The van der Waals surface area contributed by atoms with E-state index in [1.165, 1.54) is 50.4 Å². The summed E-state index contributed by atoms with van der Waals surface area (Å²) in [4.78, 5) is 29.1. The largest absolute Gasteiger partial charge is 0.872 e. The Hall–Kier alpha value is -3.43. The summed E-state index contributed by atoms with van der Waals surface area (Å²) in [7, 11) is 9.89. The lowest BCUT2D eigenvalue weighted by Gasteiger charge is -2.28. The van der Waals surface area contributed by atoms with Crippen LogP contribution in [0.4, 0.5) is 0 Å². The summed E-state index contributed by atoms with van der Waals surface area (Å²) in [6, 6.07) is 6.85. The van der Waals surface area contributed by atoms with E-state index < -0.39 is 23.5 Å². The fraction of sp³-hybridized carbons (Fsp3) is 0.385. The second-order valence-corrected chi connectivity index (χ2v) is 9.00. The number of hydrogen-bond acceptors (Lipinski definition) is 7. The van der Waals surface area contributed by atoms with Crippen molar-refractivity contribution in [1.82, 2.24) is 4.90 Å². The molecule has 0 bridgehead atoms. The first kappa shape index (κ1) is 27.2. The smallest absolute Gasteiger partial charge is 0.295 e. The van der Waals surface area contributed by atoms with Crippen molar-refractivity contribution in [1.29, 1.82) is 0 Å². The molecule has 0 radical (unpaired) electrons. The van der Waals surface area contributed by atoms with E-state index in [2.05, 4.69) is 0 Å². The Morgan fingerprint density at radius 3 is 2.08 bits per heavy atom. The van der Waals surface area contributed by atoms with Crippen LogP contribution in [-0.4, -0.2) is 72.2 Å². The molecule has 1 heterocycles. The number of amides is 1. The van der Waals surface area contributed by atoms with E-state index in [4.69, 9.17) is 30.5 Å². The van der Waals surface area contributed by atoms with E-state index in [1.54, 1.807) is 18.2 Å². The lowest BCUT2D eigenvalue weighted by Crippen LogP contribution is -3.05. The van der Waals surface area contributed by atoms with Crippen LogP contribution in [0, 0.1) is 0 Å². The third-order valence-electron chi connectivity index (χ3n) is 6.02. The number of benzene rings is 2. The summed E-state index contributed by atoms with van der Waals surface area (Å²) in [6.45, 7) is 1.06. The van der Waals surface area contributed by atoms with Crippen molar-refractivity contribution in [3.05, 3.63) is 52.1 Å². The topological polar surface area (TPSA) is 102 Å². The zero-order chi connectivity index (χ0) is 26.6. The van der Waals surface area contributed by atoms with E-state index in [0.717, 1.165) is 6.54 Å². The van der Waals surface area contributed by atoms with Gasteiger partial charge in [-0.25, -0.2) is 0 Å². The van der Waals surface area contributed by atoms with Gasteiger partial charge in [-0.1, -0.05) is 23.4 Å². The number of carbonyl (C=O) groups is 2. The van der Waals surface area contributed by atoms with Crippen molar-refractivity contribution in [2.24, 2.45) is 0 Å². The van der Waals surface area contributed by atoms with Gasteiger partial charge in [0.1, 0.15) is 5.75 Å². The minimum absolute atomic E-state index is 0.160. The van der Waals surface area contributed by atoms with Gasteiger partial charge in [0.15, 0.2) is 11.5 Å². The molecule has 3 rings (SSSR count). The SMILES string of the molecule is COc1ccc(/C([O-])=C2\C(=O)C(=O)N(CCC[NH+](C)C)C2c2cc(OC)c(OC)c(OC)c2)cc1Cl. The molecule has 0 aliphatic carbocycles. The van der Waals surface area contributed by atoms with Crippen LogP contribution in [0.25, 0.3) is 5.76 Å². The van der Waals surface area contributed by atoms with Crippen LogP contribution < -0.4 is 29.0 Å². The molecule has 1 amide bonds. The molecule has 2 aromatic carbocycles. The molecule has 2 aromatic rings. The fourth-order valence-corrected chi connectivity index (χ4v) is 4.53. The maximum absolute atomic E-state index is 13.7. The van der Waals surface area contributed by atoms with Crippen LogP contribution in [-0.2, 0) is 9.59 Å². The molecule has 1 fully saturated rings. The highest BCUT2D eigenvalue weighted by Gasteiger charge is 2.44. The molecular weight excluding hydrogens is 488 g/mol. The molecule has 1 N–H and O–H groups in total. The molecule has 194 valence electrons. The molecule has 0 aromatic heterocycles. The van der Waals surface area contributed by atoms with Crippen molar-refractivity contribution in [2.75, 3.05) is 55.6 Å². The summed E-state index contributed by atoms with van der Waals surface area (Å²) < 4.78 is 21.5. The number of ketones is 1. The maximum atomic E-state index is 13.7. The van der Waals surface area contributed by atoms with Crippen LogP contribution in [0.3, 0.4) is 0 Å². The summed E-state index contributed by atoms with van der Waals surface area (Å²) >= 11 is 6.24. The van der Waals surface area contributed by atoms with Gasteiger partial charge in [0, 0.05) is 18.5 Å². The number of ether oxygens (including phenoxy) is 4. The zero-order valence-electron chi connectivity index (χ0n) is 21.3. The number of nitrogens with zero attached hydrogens (tertiary/aromatic N) is 1. The Bertz CT molecular complexity index is 1150. The number of hydrogen-bond donors (Lipinski definition) is 1. The second-order valence-electron chi connectivity index (χ2n) is 8.59. The monoisotopic (exact) mass is 518 g/mol. The van der Waals surface area contributed by atoms with Crippen LogP contribution in [0.15, 0.2) is 35.9 Å². The normalized spacial score (nSPS) is 17.0. The van der Waals surface area contributed by atoms with Crippen molar-refractivity contribution < 1.29 is 38.5 Å². The van der Waals surface area contributed by atoms with Gasteiger partial charge >= 0.3 is 0 Å². The summed E-state index contributed by atoms with van der Waals surface area (Å²) in [6.07, 6.45) is 0.637. The minimum Gasteiger partial charge on any atom is -0.872 e. The van der Waals surface area contributed by atoms with E-state index in [-0.39, 0.29) is 22.7 Å². The number of Topliss-reactive ketones (excluding diaryl/α,β-unsaturated/α-hetero) is 1. The molecule has 1 unspecified atom stereocenters. The highest BCUT2D eigenvalue weighted by atomic mass is 35.5. The first-order valence-electron chi connectivity index (χ1n) is 11.4. The third-order valence-corrected chi connectivity index (χ3v) is 6.32. The van der Waals surface area contributed by atoms with Gasteiger partial charge in [-0.3, -0.25) is 9.59 Å². The van der Waals surface area contributed by atoms with Crippen molar-refractivity contribution in [3.8, 4) is 23.0 Å². The van der Waals surface area contributed by atoms with Gasteiger partial charge in [0.05, 0.1) is 60.1 Å². The number of rotatable bonds is 10. The predicted molar refractivity (Wildman–Crippen MR) is 133 cm³/mol. The number of carbonyl (C=O) groups excluding carboxylic acids is 2. The Balaban J connectivity index is 2.23. The maximum Gasteiger partial charge on any atom is 0.295 e. The quantitative estimate of drug-likeness (QED) is 0.286. The number of halogens is 1. The van der Waals surface area contributed by atoms with Crippen molar-refractivity contribution >= 4 is 29.1 Å².